The van der Waals surface area contributed by atoms with Gasteiger partial charge in [0, 0.05) is 17.9 Å². The summed E-state index contributed by atoms with van der Waals surface area (Å²) in [5, 5.41) is 4.34. The SMILES string of the molecule is CC1(C)OB(c2cnn(-c3cccc(Br)n3)c2)OC1(C)C. The van der Waals surface area contributed by atoms with E-state index in [1.165, 1.54) is 0 Å². The van der Waals surface area contributed by atoms with Crippen molar-refractivity contribution < 1.29 is 9.31 Å². The number of rotatable bonds is 2. The summed E-state index contributed by atoms with van der Waals surface area (Å²) in [4.78, 5) is 4.38. The molecule has 110 valence electrons. The van der Waals surface area contributed by atoms with Crippen molar-refractivity contribution in [2.75, 3.05) is 0 Å². The Morgan fingerprint density at radius 3 is 2.43 bits per heavy atom. The minimum absolute atomic E-state index is 0.353. The summed E-state index contributed by atoms with van der Waals surface area (Å²) in [7, 11) is -0.407. The lowest BCUT2D eigenvalue weighted by atomic mass is 9.82. The zero-order chi connectivity index (χ0) is 15.3. The number of aromatic nitrogens is 3. The zero-order valence-electron chi connectivity index (χ0n) is 12.5. The van der Waals surface area contributed by atoms with Crippen molar-refractivity contribution in [2.45, 2.75) is 38.9 Å². The predicted octanol–water partition coefficient (Wildman–Crippen LogP) is 2.33. The van der Waals surface area contributed by atoms with E-state index in [9.17, 15) is 0 Å². The number of hydrogen-bond donors (Lipinski definition) is 0. The van der Waals surface area contributed by atoms with E-state index in [2.05, 4.69) is 26.0 Å². The molecule has 5 nitrogen and oxygen atoms in total. The molecule has 21 heavy (non-hydrogen) atoms. The highest BCUT2D eigenvalue weighted by molar-refractivity contribution is 9.10. The van der Waals surface area contributed by atoms with Crippen LogP contribution >= 0.6 is 15.9 Å². The minimum atomic E-state index is -0.407. The van der Waals surface area contributed by atoms with Crippen LogP contribution < -0.4 is 5.46 Å². The highest BCUT2D eigenvalue weighted by atomic mass is 79.9. The zero-order valence-corrected chi connectivity index (χ0v) is 14.1. The Balaban J connectivity index is 1.87. The first kappa shape index (κ1) is 14.7. The van der Waals surface area contributed by atoms with Gasteiger partial charge in [-0.1, -0.05) is 6.07 Å². The van der Waals surface area contributed by atoms with E-state index < -0.39 is 7.12 Å². The average Bonchev–Trinajstić information content (AvgIpc) is 2.93. The van der Waals surface area contributed by atoms with E-state index in [0.717, 1.165) is 15.9 Å². The summed E-state index contributed by atoms with van der Waals surface area (Å²) in [5.41, 5.74) is 0.178. The maximum Gasteiger partial charge on any atom is 0.498 e. The van der Waals surface area contributed by atoms with Gasteiger partial charge in [-0.25, -0.2) is 9.67 Å². The normalized spacial score (nSPS) is 20.0. The minimum Gasteiger partial charge on any atom is -0.399 e. The van der Waals surface area contributed by atoms with Crippen molar-refractivity contribution in [3.05, 3.63) is 35.2 Å². The molecule has 1 fully saturated rings. The topological polar surface area (TPSA) is 49.2 Å². The second-order valence-electron chi connectivity index (χ2n) is 6.12. The maximum atomic E-state index is 6.02. The smallest absolute Gasteiger partial charge is 0.399 e. The lowest BCUT2D eigenvalue weighted by molar-refractivity contribution is 0.00578. The van der Waals surface area contributed by atoms with E-state index in [4.69, 9.17) is 9.31 Å². The maximum absolute atomic E-state index is 6.02. The Bertz CT molecular complexity index is 656. The van der Waals surface area contributed by atoms with Crippen LogP contribution in [0.25, 0.3) is 5.82 Å². The lowest BCUT2D eigenvalue weighted by Gasteiger charge is -2.32. The Labute approximate surface area is 132 Å². The number of hydrogen-bond acceptors (Lipinski definition) is 4. The van der Waals surface area contributed by atoms with Crippen LogP contribution in [0.1, 0.15) is 27.7 Å². The van der Waals surface area contributed by atoms with Gasteiger partial charge in [-0.15, -0.1) is 0 Å². The molecule has 0 aliphatic carbocycles. The molecule has 0 spiro atoms. The van der Waals surface area contributed by atoms with Crippen molar-refractivity contribution in [3.8, 4) is 5.82 Å². The van der Waals surface area contributed by atoms with Crippen LogP contribution in [-0.2, 0) is 9.31 Å². The Hall–Kier alpha value is -1.18. The Morgan fingerprint density at radius 1 is 1.14 bits per heavy atom. The molecule has 0 atom stereocenters. The summed E-state index contributed by atoms with van der Waals surface area (Å²) < 4.78 is 14.5. The fraction of sp³-hybridized carbons (Fsp3) is 0.429. The molecule has 1 aliphatic rings. The monoisotopic (exact) mass is 349 g/mol. The lowest BCUT2D eigenvalue weighted by Crippen LogP contribution is -2.41. The van der Waals surface area contributed by atoms with Crippen molar-refractivity contribution >= 4 is 28.5 Å². The van der Waals surface area contributed by atoms with Crippen LogP contribution in [0.3, 0.4) is 0 Å². The van der Waals surface area contributed by atoms with Crippen LogP contribution in [0, 0.1) is 0 Å². The molecule has 0 radical (unpaired) electrons. The van der Waals surface area contributed by atoms with Gasteiger partial charge in [0.15, 0.2) is 5.82 Å². The van der Waals surface area contributed by atoms with Gasteiger partial charge in [-0.2, -0.15) is 5.10 Å². The van der Waals surface area contributed by atoms with E-state index in [1.807, 2.05) is 52.1 Å². The van der Waals surface area contributed by atoms with E-state index in [-0.39, 0.29) is 11.2 Å². The summed E-state index contributed by atoms with van der Waals surface area (Å²) in [6, 6.07) is 5.69. The Morgan fingerprint density at radius 2 is 1.81 bits per heavy atom. The standard InChI is InChI=1S/C14H17BBrN3O2/c1-13(2)14(3,4)21-15(20-13)10-8-17-19(9-10)12-7-5-6-11(16)18-12/h5-9H,1-4H3. The highest BCUT2D eigenvalue weighted by Gasteiger charge is 2.52. The van der Waals surface area contributed by atoms with Gasteiger partial charge in [-0.05, 0) is 55.8 Å². The average molecular weight is 350 g/mol. The van der Waals surface area contributed by atoms with Gasteiger partial charge in [-0.3, -0.25) is 0 Å². The molecule has 0 aromatic carbocycles. The van der Waals surface area contributed by atoms with Crippen LogP contribution in [0.4, 0.5) is 0 Å². The van der Waals surface area contributed by atoms with Crippen LogP contribution in [0.5, 0.6) is 0 Å². The molecule has 0 saturated carbocycles. The van der Waals surface area contributed by atoms with Gasteiger partial charge in [0.2, 0.25) is 0 Å². The molecule has 1 aliphatic heterocycles. The fourth-order valence-corrected chi connectivity index (χ4v) is 2.42. The molecule has 3 rings (SSSR count). The van der Waals surface area contributed by atoms with Crippen LogP contribution in [0.2, 0.25) is 0 Å². The molecule has 7 heteroatoms. The van der Waals surface area contributed by atoms with Gasteiger partial charge in [0.1, 0.15) is 4.60 Å². The van der Waals surface area contributed by atoms with Crippen molar-refractivity contribution in [1.29, 1.82) is 0 Å². The molecular formula is C14H17BBrN3O2. The van der Waals surface area contributed by atoms with E-state index >= 15 is 0 Å². The van der Waals surface area contributed by atoms with E-state index in [0.29, 0.717) is 0 Å². The first-order valence-corrected chi connectivity index (χ1v) is 7.61. The van der Waals surface area contributed by atoms with Crippen LogP contribution in [0.15, 0.2) is 35.2 Å². The first-order valence-electron chi connectivity index (χ1n) is 6.82. The number of halogens is 1. The third-order valence-electron chi connectivity index (χ3n) is 4.06. The molecule has 0 bridgehead atoms. The van der Waals surface area contributed by atoms with Crippen molar-refractivity contribution in [1.82, 2.24) is 14.8 Å². The number of pyridine rings is 1. The van der Waals surface area contributed by atoms with E-state index in [1.54, 1.807) is 10.9 Å². The predicted molar refractivity (Wildman–Crippen MR) is 84.8 cm³/mol. The molecule has 3 heterocycles. The highest BCUT2D eigenvalue weighted by Crippen LogP contribution is 2.36. The van der Waals surface area contributed by atoms with Gasteiger partial charge >= 0.3 is 7.12 Å². The van der Waals surface area contributed by atoms with Crippen LogP contribution in [-0.4, -0.2) is 33.1 Å². The molecule has 1 saturated heterocycles. The second-order valence-corrected chi connectivity index (χ2v) is 6.94. The summed E-state index contributed by atoms with van der Waals surface area (Å²) in [5.74, 6) is 0.743. The third kappa shape index (κ3) is 2.65. The van der Waals surface area contributed by atoms with Crippen molar-refractivity contribution in [3.63, 3.8) is 0 Å². The Kier molecular flexibility index (Phi) is 3.46. The quantitative estimate of drug-likeness (QED) is 0.616. The molecule has 0 N–H and O–H groups in total. The summed E-state index contributed by atoms with van der Waals surface area (Å²) in [6.45, 7) is 8.14. The largest absolute Gasteiger partial charge is 0.498 e. The molecular weight excluding hydrogens is 333 g/mol. The van der Waals surface area contributed by atoms with Gasteiger partial charge in [0.05, 0.1) is 11.2 Å². The molecule has 2 aromatic heterocycles. The molecule has 0 amide bonds. The molecule has 2 aromatic rings. The molecule has 0 unspecified atom stereocenters. The fourth-order valence-electron chi connectivity index (χ4n) is 2.09. The second kappa shape index (κ2) is 4.93. The van der Waals surface area contributed by atoms with Crippen molar-refractivity contribution in [2.24, 2.45) is 0 Å². The van der Waals surface area contributed by atoms with Gasteiger partial charge < -0.3 is 9.31 Å². The van der Waals surface area contributed by atoms with Gasteiger partial charge in [0.25, 0.3) is 0 Å². The number of nitrogens with zero attached hydrogens (tertiary/aromatic N) is 3. The first-order chi connectivity index (χ1) is 9.78. The summed E-state index contributed by atoms with van der Waals surface area (Å²) >= 11 is 3.36. The summed E-state index contributed by atoms with van der Waals surface area (Å²) in [6.07, 6.45) is 3.64. The third-order valence-corrected chi connectivity index (χ3v) is 4.50.